The summed E-state index contributed by atoms with van der Waals surface area (Å²) < 4.78 is 66.1. The average molecular weight is 365 g/mol. The van der Waals surface area contributed by atoms with Gasteiger partial charge in [0.25, 0.3) is 5.91 Å². The Labute approximate surface area is 143 Å². The van der Waals surface area contributed by atoms with E-state index >= 15 is 0 Å². The molecular weight excluding hydrogens is 357 g/mol. The van der Waals surface area contributed by atoms with E-state index in [4.69, 9.17) is 0 Å². The summed E-state index contributed by atoms with van der Waals surface area (Å²) in [6.45, 7) is 0. The first kappa shape index (κ1) is 17.5. The Balaban J connectivity index is 1.83. The highest BCUT2D eigenvalue weighted by Crippen LogP contribution is 2.21. The maximum absolute atomic E-state index is 13.5. The van der Waals surface area contributed by atoms with Gasteiger partial charge in [0.05, 0.1) is 17.3 Å². The number of nitrogens with one attached hydrogen (secondary N) is 1. The second-order valence-electron chi connectivity index (χ2n) is 5.07. The Hall–Kier alpha value is -3.36. The van der Waals surface area contributed by atoms with Crippen LogP contribution in [0.4, 0.5) is 22.0 Å². The first-order valence-corrected chi connectivity index (χ1v) is 7.10. The van der Waals surface area contributed by atoms with Crippen LogP contribution in [0, 0.1) is 29.1 Å². The highest BCUT2D eigenvalue weighted by Gasteiger charge is 2.24. The van der Waals surface area contributed by atoms with Gasteiger partial charge in [0.2, 0.25) is 5.82 Å². The number of benzene rings is 2. The molecule has 0 aliphatic heterocycles. The molecule has 0 aliphatic carbocycles. The van der Waals surface area contributed by atoms with Gasteiger partial charge in [-0.2, -0.15) is 5.10 Å². The quantitative estimate of drug-likeness (QED) is 0.253. The molecule has 0 atom stereocenters. The van der Waals surface area contributed by atoms with E-state index in [2.05, 4.69) is 10.1 Å². The van der Waals surface area contributed by atoms with E-state index in [0.29, 0.717) is 11.7 Å². The summed E-state index contributed by atoms with van der Waals surface area (Å²) in [6, 6.07) is 9.99. The highest BCUT2D eigenvalue weighted by atomic mass is 19.2. The highest BCUT2D eigenvalue weighted by molar-refractivity contribution is 5.95. The molecule has 4 nitrogen and oxygen atoms in total. The van der Waals surface area contributed by atoms with E-state index in [1.54, 1.807) is 30.3 Å². The number of aromatic nitrogens is 1. The van der Waals surface area contributed by atoms with Crippen LogP contribution in [-0.4, -0.2) is 17.1 Å². The van der Waals surface area contributed by atoms with Gasteiger partial charge in [-0.25, -0.2) is 32.4 Å². The van der Waals surface area contributed by atoms with E-state index in [0.717, 1.165) is 5.39 Å². The van der Waals surface area contributed by atoms with Gasteiger partial charge < -0.3 is 0 Å². The van der Waals surface area contributed by atoms with Gasteiger partial charge in [0.15, 0.2) is 23.3 Å². The van der Waals surface area contributed by atoms with E-state index in [-0.39, 0.29) is 5.69 Å². The van der Waals surface area contributed by atoms with Crippen LogP contribution in [0.25, 0.3) is 10.9 Å². The Morgan fingerprint density at radius 1 is 0.885 bits per heavy atom. The predicted octanol–water partition coefficient (Wildman–Crippen LogP) is 3.69. The zero-order chi connectivity index (χ0) is 18.8. The molecule has 3 rings (SSSR count). The van der Waals surface area contributed by atoms with Crippen molar-refractivity contribution in [2.75, 3.05) is 0 Å². The van der Waals surface area contributed by atoms with Crippen molar-refractivity contribution in [2.45, 2.75) is 0 Å². The number of halogens is 5. The molecule has 0 fully saturated rings. The molecule has 1 heterocycles. The first-order valence-electron chi connectivity index (χ1n) is 7.10. The smallest absolute Gasteiger partial charge is 0.266 e. The molecule has 0 spiro atoms. The fraction of sp³-hybridized carbons (Fsp3) is 0. The molecule has 3 aromatic rings. The Morgan fingerprint density at radius 3 is 2.19 bits per heavy atom. The molecule has 0 bridgehead atoms. The van der Waals surface area contributed by atoms with Crippen LogP contribution in [0.2, 0.25) is 0 Å². The lowest BCUT2D eigenvalue weighted by Crippen LogP contribution is -2.19. The fourth-order valence-corrected chi connectivity index (χ4v) is 2.14. The van der Waals surface area contributed by atoms with Crippen LogP contribution in [0.15, 0.2) is 41.5 Å². The Bertz CT molecular complexity index is 1020. The minimum Gasteiger partial charge on any atom is -0.266 e. The number of carbonyl (C=O) groups is 1. The van der Waals surface area contributed by atoms with E-state index in [9.17, 15) is 26.7 Å². The molecule has 0 radical (unpaired) electrons. The van der Waals surface area contributed by atoms with Crippen LogP contribution < -0.4 is 5.43 Å². The average Bonchev–Trinajstić information content (AvgIpc) is 2.67. The number of hydrogen-bond donors (Lipinski definition) is 1. The maximum Gasteiger partial charge on any atom is 0.289 e. The molecule has 1 amide bonds. The zero-order valence-corrected chi connectivity index (χ0v) is 12.7. The molecule has 132 valence electrons. The number of rotatable bonds is 3. The molecule has 0 aliphatic rings. The summed E-state index contributed by atoms with van der Waals surface area (Å²) in [5.74, 6) is -11.4. The van der Waals surface area contributed by atoms with Gasteiger partial charge in [-0.05, 0) is 12.1 Å². The Kier molecular flexibility index (Phi) is 4.61. The number of nitrogens with zero attached hydrogens (tertiary/aromatic N) is 2. The molecule has 1 N–H and O–H groups in total. The summed E-state index contributed by atoms with van der Waals surface area (Å²) in [5, 5.41) is 4.02. The molecule has 2 aromatic carbocycles. The van der Waals surface area contributed by atoms with Crippen molar-refractivity contribution in [3.05, 3.63) is 76.7 Å². The standard InChI is InChI=1S/C17H8F5N3O/c18-12-9(13(19)15(21)16(22)14(12)20)7-23-25-17(26)11-6-5-8-3-1-2-4-10(8)24-11/h1-7H,(H,25,26)/b23-7+. The van der Waals surface area contributed by atoms with Crippen molar-refractivity contribution < 1.29 is 26.7 Å². The van der Waals surface area contributed by atoms with Crippen molar-refractivity contribution in [3.8, 4) is 0 Å². The van der Waals surface area contributed by atoms with Crippen molar-refractivity contribution in [1.29, 1.82) is 0 Å². The molecule has 1 aromatic heterocycles. The number of pyridine rings is 1. The molecule has 0 saturated carbocycles. The van der Waals surface area contributed by atoms with E-state index in [1.165, 1.54) is 6.07 Å². The number of amides is 1. The van der Waals surface area contributed by atoms with Crippen LogP contribution in [0.1, 0.15) is 16.1 Å². The summed E-state index contributed by atoms with van der Waals surface area (Å²) >= 11 is 0. The third-order valence-corrected chi connectivity index (χ3v) is 3.43. The summed E-state index contributed by atoms with van der Waals surface area (Å²) in [5.41, 5.74) is 1.13. The van der Waals surface area contributed by atoms with Crippen molar-refractivity contribution in [2.24, 2.45) is 5.10 Å². The van der Waals surface area contributed by atoms with Crippen LogP contribution >= 0.6 is 0 Å². The minimum atomic E-state index is -2.28. The second-order valence-corrected chi connectivity index (χ2v) is 5.07. The van der Waals surface area contributed by atoms with Gasteiger partial charge in [0, 0.05) is 5.39 Å². The van der Waals surface area contributed by atoms with E-state index < -0.39 is 40.6 Å². The number of hydrazone groups is 1. The molecule has 0 saturated heterocycles. The van der Waals surface area contributed by atoms with Gasteiger partial charge >= 0.3 is 0 Å². The third kappa shape index (κ3) is 3.10. The van der Waals surface area contributed by atoms with Crippen LogP contribution in [0.3, 0.4) is 0 Å². The van der Waals surface area contributed by atoms with Gasteiger partial charge in [0.1, 0.15) is 5.69 Å². The topological polar surface area (TPSA) is 54.4 Å². The molecular formula is C17H8F5N3O. The number of carbonyl (C=O) groups excluding carboxylic acids is 1. The van der Waals surface area contributed by atoms with Crippen molar-refractivity contribution in [1.82, 2.24) is 10.4 Å². The lowest BCUT2D eigenvalue weighted by Gasteiger charge is -2.04. The number of hydrogen-bond acceptors (Lipinski definition) is 3. The van der Waals surface area contributed by atoms with Crippen molar-refractivity contribution >= 4 is 23.0 Å². The van der Waals surface area contributed by atoms with Crippen LogP contribution in [0.5, 0.6) is 0 Å². The predicted molar refractivity (Wildman–Crippen MR) is 83.0 cm³/mol. The fourth-order valence-electron chi connectivity index (χ4n) is 2.14. The van der Waals surface area contributed by atoms with Crippen molar-refractivity contribution in [3.63, 3.8) is 0 Å². The van der Waals surface area contributed by atoms with E-state index in [1.807, 2.05) is 5.43 Å². The second kappa shape index (κ2) is 6.87. The third-order valence-electron chi connectivity index (χ3n) is 3.43. The van der Waals surface area contributed by atoms with Crippen LogP contribution in [-0.2, 0) is 0 Å². The summed E-state index contributed by atoms with van der Waals surface area (Å²) in [4.78, 5) is 16.0. The van der Waals surface area contributed by atoms with Gasteiger partial charge in [-0.1, -0.05) is 24.3 Å². The first-order chi connectivity index (χ1) is 12.4. The lowest BCUT2D eigenvalue weighted by molar-refractivity contribution is 0.0950. The summed E-state index contributed by atoms with van der Waals surface area (Å²) in [7, 11) is 0. The number of fused-ring (bicyclic) bond motifs is 1. The lowest BCUT2D eigenvalue weighted by atomic mass is 10.2. The maximum atomic E-state index is 13.5. The zero-order valence-electron chi connectivity index (χ0n) is 12.7. The largest absolute Gasteiger partial charge is 0.289 e. The number of para-hydroxylation sites is 1. The molecule has 0 unspecified atom stereocenters. The van der Waals surface area contributed by atoms with Gasteiger partial charge in [-0.3, -0.25) is 4.79 Å². The minimum absolute atomic E-state index is 0.0433. The van der Waals surface area contributed by atoms with Gasteiger partial charge in [-0.15, -0.1) is 0 Å². The summed E-state index contributed by atoms with van der Waals surface area (Å²) in [6.07, 6.45) is 0.329. The molecule has 9 heteroatoms. The monoisotopic (exact) mass is 365 g/mol. The normalized spacial score (nSPS) is 11.3. The Morgan fingerprint density at radius 2 is 1.50 bits per heavy atom. The SMILES string of the molecule is O=C(N/N=C/c1c(F)c(F)c(F)c(F)c1F)c1ccc2ccccc2n1. The molecule has 26 heavy (non-hydrogen) atoms.